The number of hydrogen-bond donors (Lipinski definition) is 0. The van der Waals surface area contributed by atoms with Crippen molar-refractivity contribution in [3.05, 3.63) is 82.0 Å². The Hall–Kier alpha value is -3.30. The fourth-order valence-electron chi connectivity index (χ4n) is 3.04. The van der Waals surface area contributed by atoms with Crippen LogP contribution in [0, 0.1) is 10.1 Å². The summed E-state index contributed by atoms with van der Waals surface area (Å²) in [6.07, 6.45) is 1.46. The maximum absolute atomic E-state index is 12.5. The SMILES string of the molecule is COC(=O)C(Sc1ncnc2scc(-c3cccc([N+](=O)[O-])c3)c12)c1ccccc1. The number of esters is 1. The normalized spacial score (nSPS) is 11.9. The van der Waals surface area contributed by atoms with Crippen LogP contribution in [0.2, 0.25) is 0 Å². The monoisotopic (exact) mass is 437 g/mol. The molecular weight excluding hydrogens is 422 g/mol. The van der Waals surface area contributed by atoms with Gasteiger partial charge in [-0.3, -0.25) is 14.9 Å². The van der Waals surface area contributed by atoms with E-state index in [1.165, 1.54) is 48.7 Å². The van der Waals surface area contributed by atoms with Gasteiger partial charge in [-0.15, -0.1) is 11.3 Å². The molecule has 4 aromatic rings. The second-order valence-electron chi connectivity index (χ2n) is 6.25. The van der Waals surface area contributed by atoms with Crippen LogP contribution in [0.5, 0.6) is 0 Å². The molecule has 1 unspecified atom stereocenters. The van der Waals surface area contributed by atoms with E-state index in [0.29, 0.717) is 10.6 Å². The summed E-state index contributed by atoms with van der Waals surface area (Å²) in [4.78, 5) is 32.8. The summed E-state index contributed by atoms with van der Waals surface area (Å²) in [6, 6.07) is 15.8. The first kappa shape index (κ1) is 20.0. The number of nitro groups is 1. The highest BCUT2D eigenvalue weighted by Crippen LogP contribution is 2.43. The van der Waals surface area contributed by atoms with Crippen LogP contribution < -0.4 is 0 Å². The lowest BCUT2D eigenvalue weighted by molar-refractivity contribution is -0.384. The predicted octanol–water partition coefficient (Wildman–Crippen LogP) is 5.27. The molecule has 4 rings (SSSR count). The van der Waals surface area contributed by atoms with E-state index < -0.39 is 10.2 Å². The Balaban J connectivity index is 1.82. The number of benzene rings is 2. The van der Waals surface area contributed by atoms with Crippen molar-refractivity contribution in [2.24, 2.45) is 0 Å². The van der Waals surface area contributed by atoms with Crippen molar-refractivity contribution in [3.8, 4) is 11.1 Å². The first-order valence-electron chi connectivity index (χ1n) is 8.85. The van der Waals surface area contributed by atoms with E-state index in [1.54, 1.807) is 6.07 Å². The van der Waals surface area contributed by atoms with Gasteiger partial charge in [0.15, 0.2) is 0 Å². The third-order valence-corrected chi connectivity index (χ3v) is 6.57. The van der Waals surface area contributed by atoms with Gasteiger partial charge in [-0.05, 0) is 11.1 Å². The van der Waals surface area contributed by atoms with Crippen molar-refractivity contribution in [2.45, 2.75) is 10.3 Å². The van der Waals surface area contributed by atoms with E-state index >= 15 is 0 Å². The van der Waals surface area contributed by atoms with Gasteiger partial charge in [0.25, 0.3) is 5.69 Å². The van der Waals surface area contributed by atoms with Crippen LogP contribution >= 0.6 is 23.1 Å². The van der Waals surface area contributed by atoms with Crippen LogP contribution in [0.4, 0.5) is 5.69 Å². The van der Waals surface area contributed by atoms with Crippen LogP contribution in [0.25, 0.3) is 21.3 Å². The third kappa shape index (κ3) is 3.89. The number of nitro benzene ring substituents is 1. The van der Waals surface area contributed by atoms with Gasteiger partial charge in [-0.1, -0.05) is 54.2 Å². The Morgan fingerprint density at radius 2 is 1.97 bits per heavy atom. The van der Waals surface area contributed by atoms with Crippen LogP contribution in [-0.4, -0.2) is 28.0 Å². The molecule has 0 spiro atoms. The molecule has 0 radical (unpaired) electrons. The average Bonchev–Trinajstić information content (AvgIpc) is 3.22. The molecule has 0 aliphatic rings. The lowest BCUT2D eigenvalue weighted by atomic mass is 10.1. The van der Waals surface area contributed by atoms with Gasteiger partial charge in [0.1, 0.15) is 21.4 Å². The lowest BCUT2D eigenvalue weighted by Gasteiger charge is -2.15. The van der Waals surface area contributed by atoms with Crippen LogP contribution in [0.15, 0.2) is 71.3 Å². The number of carbonyl (C=O) groups excluding carboxylic acids is 1. The predicted molar refractivity (Wildman–Crippen MR) is 117 cm³/mol. The molecule has 0 amide bonds. The molecule has 2 heterocycles. The zero-order valence-electron chi connectivity index (χ0n) is 15.7. The quantitative estimate of drug-likeness (QED) is 0.133. The van der Waals surface area contributed by atoms with E-state index in [1.807, 2.05) is 41.8 Å². The first-order chi connectivity index (χ1) is 14.6. The van der Waals surface area contributed by atoms with Crippen molar-refractivity contribution in [1.29, 1.82) is 0 Å². The molecule has 0 aliphatic carbocycles. The van der Waals surface area contributed by atoms with Gasteiger partial charge in [0.05, 0.1) is 17.4 Å². The van der Waals surface area contributed by atoms with E-state index in [2.05, 4.69) is 9.97 Å². The number of methoxy groups -OCH3 is 1. The van der Waals surface area contributed by atoms with Crippen LogP contribution in [0.1, 0.15) is 10.8 Å². The molecule has 9 heteroatoms. The second kappa shape index (κ2) is 8.60. The number of thiophene rings is 1. The Labute approximate surface area is 179 Å². The van der Waals surface area contributed by atoms with Gasteiger partial charge in [0, 0.05) is 23.1 Å². The summed E-state index contributed by atoms with van der Waals surface area (Å²) >= 11 is 2.70. The number of hydrogen-bond acceptors (Lipinski definition) is 8. The highest BCUT2D eigenvalue weighted by atomic mass is 32.2. The summed E-state index contributed by atoms with van der Waals surface area (Å²) in [5.41, 5.74) is 2.29. The molecule has 2 aromatic carbocycles. The molecule has 30 heavy (non-hydrogen) atoms. The number of non-ortho nitro benzene ring substituents is 1. The molecule has 7 nitrogen and oxygen atoms in total. The van der Waals surface area contributed by atoms with Gasteiger partial charge >= 0.3 is 5.97 Å². The molecule has 0 fully saturated rings. The standard InChI is InChI=1S/C21H15N3O4S2/c1-28-21(25)18(13-6-3-2-4-7-13)30-20-17-16(11-29-19(17)22-12-23-20)14-8-5-9-15(10-14)24(26)27/h2-12,18H,1H3. The zero-order valence-corrected chi connectivity index (χ0v) is 17.4. The van der Waals surface area contributed by atoms with Crippen molar-refractivity contribution in [3.63, 3.8) is 0 Å². The van der Waals surface area contributed by atoms with Crippen LogP contribution in [0.3, 0.4) is 0 Å². The number of carbonyl (C=O) groups is 1. The summed E-state index contributed by atoms with van der Waals surface area (Å²) in [5, 5.41) is 13.9. The third-order valence-electron chi connectivity index (χ3n) is 4.45. The number of nitrogens with zero attached hydrogens (tertiary/aromatic N) is 3. The van der Waals surface area contributed by atoms with Crippen molar-refractivity contribution in [1.82, 2.24) is 9.97 Å². The van der Waals surface area contributed by atoms with E-state index in [9.17, 15) is 14.9 Å². The maximum Gasteiger partial charge on any atom is 0.323 e. The van der Waals surface area contributed by atoms with Crippen molar-refractivity contribution < 1.29 is 14.5 Å². The minimum Gasteiger partial charge on any atom is -0.468 e. The largest absolute Gasteiger partial charge is 0.468 e. The van der Waals surface area contributed by atoms with Gasteiger partial charge in [-0.25, -0.2) is 9.97 Å². The Morgan fingerprint density at radius 3 is 2.70 bits per heavy atom. The lowest BCUT2D eigenvalue weighted by Crippen LogP contribution is -2.11. The molecular formula is C21H15N3O4S2. The van der Waals surface area contributed by atoms with Crippen molar-refractivity contribution >= 4 is 45.0 Å². The number of fused-ring (bicyclic) bond motifs is 1. The maximum atomic E-state index is 12.5. The first-order valence-corrected chi connectivity index (χ1v) is 10.6. The smallest absolute Gasteiger partial charge is 0.323 e. The van der Waals surface area contributed by atoms with Gasteiger partial charge in [0.2, 0.25) is 0 Å². The fraction of sp³-hybridized carbons (Fsp3) is 0.0952. The highest BCUT2D eigenvalue weighted by molar-refractivity contribution is 8.00. The molecule has 150 valence electrons. The number of rotatable bonds is 6. The number of ether oxygens (including phenoxy) is 1. The molecule has 0 aliphatic heterocycles. The van der Waals surface area contributed by atoms with Gasteiger partial charge in [-0.2, -0.15) is 0 Å². The summed E-state index contributed by atoms with van der Waals surface area (Å²) in [7, 11) is 1.35. The Kier molecular flexibility index (Phi) is 5.73. The molecule has 0 saturated carbocycles. The Morgan fingerprint density at radius 1 is 1.17 bits per heavy atom. The van der Waals surface area contributed by atoms with E-state index in [0.717, 1.165) is 21.3 Å². The minimum absolute atomic E-state index is 0.00891. The molecule has 0 saturated heterocycles. The molecule has 0 bridgehead atoms. The highest BCUT2D eigenvalue weighted by Gasteiger charge is 2.26. The summed E-state index contributed by atoms with van der Waals surface area (Å²) in [5.74, 6) is -0.384. The number of aromatic nitrogens is 2. The number of thioether (sulfide) groups is 1. The summed E-state index contributed by atoms with van der Waals surface area (Å²) < 4.78 is 5.01. The average molecular weight is 438 g/mol. The fourth-order valence-corrected chi connectivity index (χ4v) is 5.16. The van der Waals surface area contributed by atoms with E-state index in [-0.39, 0.29) is 11.7 Å². The zero-order chi connectivity index (χ0) is 21.1. The Bertz CT molecular complexity index is 1230. The molecule has 1 atom stereocenters. The van der Waals surface area contributed by atoms with Crippen LogP contribution in [-0.2, 0) is 9.53 Å². The topological polar surface area (TPSA) is 95.2 Å². The van der Waals surface area contributed by atoms with Gasteiger partial charge < -0.3 is 4.74 Å². The molecule has 2 aromatic heterocycles. The second-order valence-corrected chi connectivity index (χ2v) is 8.20. The molecule has 0 N–H and O–H groups in total. The summed E-state index contributed by atoms with van der Waals surface area (Å²) in [6.45, 7) is 0. The minimum atomic E-state index is -0.604. The van der Waals surface area contributed by atoms with E-state index in [4.69, 9.17) is 4.74 Å². The van der Waals surface area contributed by atoms with Crippen molar-refractivity contribution in [2.75, 3.05) is 7.11 Å².